The highest BCUT2D eigenvalue weighted by Gasteiger charge is 2.26. The first-order chi connectivity index (χ1) is 13.9. The van der Waals surface area contributed by atoms with Crippen molar-refractivity contribution in [1.82, 2.24) is 4.98 Å². The lowest BCUT2D eigenvalue weighted by atomic mass is 10.1. The van der Waals surface area contributed by atoms with Crippen LogP contribution in [0.3, 0.4) is 0 Å². The Balaban J connectivity index is 1.86. The standard InChI is InChI=1S/C20H17ClFN3O3S/c21-16-6-3-7-17(18(16)22)23-19-14-5-2-1-4-13(14)15(12-26)20(24-19)25-8-10-29(27,28)11-9-25/h1-7,12H,8-11H2,(H,23,24). The van der Waals surface area contributed by atoms with Gasteiger partial charge < -0.3 is 10.2 Å². The zero-order valence-electron chi connectivity index (χ0n) is 15.2. The van der Waals surface area contributed by atoms with E-state index in [0.717, 1.165) is 6.29 Å². The number of nitrogens with zero attached hydrogens (tertiary/aromatic N) is 2. The molecule has 0 spiro atoms. The van der Waals surface area contributed by atoms with E-state index in [2.05, 4.69) is 10.3 Å². The lowest BCUT2D eigenvalue weighted by Gasteiger charge is -2.29. The maximum atomic E-state index is 14.4. The third-order valence-corrected chi connectivity index (χ3v) is 6.80. The quantitative estimate of drug-likeness (QED) is 0.630. The number of hydrogen-bond donors (Lipinski definition) is 1. The Morgan fingerprint density at radius 2 is 1.76 bits per heavy atom. The number of rotatable bonds is 4. The molecule has 1 fully saturated rings. The summed E-state index contributed by atoms with van der Waals surface area (Å²) in [5, 5.41) is 4.23. The van der Waals surface area contributed by atoms with Gasteiger partial charge in [-0.15, -0.1) is 0 Å². The Labute approximate surface area is 172 Å². The number of carbonyl (C=O) groups is 1. The van der Waals surface area contributed by atoms with Crippen LogP contribution >= 0.6 is 11.6 Å². The highest BCUT2D eigenvalue weighted by Crippen LogP contribution is 2.34. The molecule has 0 aliphatic carbocycles. The minimum Gasteiger partial charge on any atom is -0.354 e. The van der Waals surface area contributed by atoms with Crippen molar-refractivity contribution in [2.45, 2.75) is 0 Å². The SMILES string of the molecule is O=Cc1c(N2CCS(=O)(=O)CC2)nc(Nc2cccc(Cl)c2F)c2ccccc12. The van der Waals surface area contributed by atoms with Gasteiger partial charge in [-0.2, -0.15) is 0 Å². The van der Waals surface area contributed by atoms with Crippen LogP contribution in [0, 0.1) is 5.82 Å². The van der Waals surface area contributed by atoms with Gasteiger partial charge in [0.1, 0.15) is 11.6 Å². The summed E-state index contributed by atoms with van der Waals surface area (Å²) in [6.07, 6.45) is 0.720. The highest BCUT2D eigenvalue weighted by molar-refractivity contribution is 7.91. The number of nitrogens with one attached hydrogen (secondary N) is 1. The van der Waals surface area contributed by atoms with Crippen molar-refractivity contribution < 1.29 is 17.6 Å². The monoisotopic (exact) mass is 433 g/mol. The number of anilines is 3. The van der Waals surface area contributed by atoms with Gasteiger partial charge >= 0.3 is 0 Å². The van der Waals surface area contributed by atoms with Gasteiger partial charge in [0.05, 0.1) is 27.8 Å². The van der Waals surface area contributed by atoms with Crippen molar-refractivity contribution in [2.75, 3.05) is 34.8 Å². The molecule has 6 nitrogen and oxygen atoms in total. The van der Waals surface area contributed by atoms with Crippen molar-refractivity contribution in [3.8, 4) is 0 Å². The molecular formula is C20H17ClFN3O3S. The van der Waals surface area contributed by atoms with E-state index in [1.165, 1.54) is 6.07 Å². The van der Waals surface area contributed by atoms with Crippen LogP contribution in [0.1, 0.15) is 10.4 Å². The first-order valence-electron chi connectivity index (χ1n) is 8.94. The fraction of sp³-hybridized carbons (Fsp3) is 0.200. The summed E-state index contributed by atoms with van der Waals surface area (Å²) in [5.41, 5.74) is 0.526. The molecule has 1 saturated heterocycles. The summed E-state index contributed by atoms with van der Waals surface area (Å²) < 4.78 is 38.0. The summed E-state index contributed by atoms with van der Waals surface area (Å²) in [6, 6.07) is 11.8. The fourth-order valence-corrected chi connectivity index (χ4v) is 4.75. The van der Waals surface area contributed by atoms with Gasteiger partial charge in [0.15, 0.2) is 21.9 Å². The average Bonchev–Trinajstić information content (AvgIpc) is 2.71. The van der Waals surface area contributed by atoms with E-state index < -0.39 is 15.7 Å². The van der Waals surface area contributed by atoms with Gasteiger partial charge in [0.25, 0.3) is 0 Å². The van der Waals surface area contributed by atoms with Crippen molar-refractivity contribution in [3.63, 3.8) is 0 Å². The molecule has 2 aromatic carbocycles. The van der Waals surface area contributed by atoms with Crippen LogP contribution in [-0.4, -0.2) is 44.3 Å². The van der Waals surface area contributed by atoms with E-state index in [1.807, 2.05) is 0 Å². The molecule has 1 aromatic heterocycles. The molecule has 29 heavy (non-hydrogen) atoms. The number of pyridine rings is 1. The van der Waals surface area contributed by atoms with Crippen LogP contribution in [0.5, 0.6) is 0 Å². The lowest BCUT2D eigenvalue weighted by molar-refractivity contribution is 0.112. The smallest absolute Gasteiger partial charge is 0.165 e. The second kappa shape index (κ2) is 7.61. The molecule has 1 aliphatic rings. The van der Waals surface area contributed by atoms with Gasteiger partial charge in [-0.25, -0.2) is 17.8 Å². The van der Waals surface area contributed by atoms with Crippen molar-refractivity contribution in [2.24, 2.45) is 0 Å². The molecule has 0 unspecified atom stereocenters. The minimum absolute atomic E-state index is 0.00845. The van der Waals surface area contributed by atoms with Crippen LogP contribution in [0.15, 0.2) is 42.5 Å². The van der Waals surface area contributed by atoms with Gasteiger partial charge in [0.2, 0.25) is 0 Å². The minimum atomic E-state index is -3.09. The number of aromatic nitrogens is 1. The molecule has 0 amide bonds. The highest BCUT2D eigenvalue weighted by atomic mass is 35.5. The number of sulfone groups is 1. The first-order valence-corrected chi connectivity index (χ1v) is 11.1. The van der Waals surface area contributed by atoms with Gasteiger partial charge in [-0.3, -0.25) is 4.79 Å². The molecule has 0 saturated carbocycles. The van der Waals surface area contributed by atoms with Crippen molar-refractivity contribution >= 4 is 55.8 Å². The average molecular weight is 434 g/mol. The molecule has 0 atom stereocenters. The second-order valence-corrected chi connectivity index (χ2v) is 9.44. The molecule has 0 bridgehead atoms. The van der Waals surface area contributed by atoms with Gasteiger partial charge in [0, 0.05) is 18.5 Å². The molecule has 3 aromatic rings. The maximum absolute atomic E-state index is 14.4. The van der Waals surface area contributed by atoms with Gasteiger partial charge in [-0.1, -0.05) is 41.9 Å². The lowest BCUT2D eigenvalue weighted by Crippen LogP contribution is -2.41. The molecular weight excluding hydrogens is 417 g/mol. The van der Waals surface area contributed by atoms with Crippen LogP contribution < -0.4 is 10.2 Å². The first kappa shape index (κ1) is 19.6. The Morgan fingerprint density at radius 3 is 2.45 bits per heavy atom. The molecule has 1 N–H and O–H groups in total. The third kappa shape index (κ3) is 3.77. The summed E-state index contributed by atoms with van der Waals surface area (Å²) in [6.45, 7) is 0.471. The van der Waals surface area contributed by atoms with E-state index in [0.29, 0.717) is 28.0 Å². The second-order valence-electron chi connectivity index (χ2n) is 6.73. The number of aldehydes is 1. The van der Waals surface area contributed by atoms with Gasteiger partial charge in [-0.05, 0) is 17.5 Å². The van der Waals surface area contributed by atoms with E-state index >= 15 is 0 Å². The third-order valence-electron chi connectivity index (χ3n) is 4.90. The number of carbonyl (C=O) groups excluding carboxylic acids is 1. The number of hydrogen-bond acceptors (Lipinski definition) is 6. The van der Waals surface area contributed by atoms with Crippen LogP contribution in [0.25, 0.3) is 10.8 Å². The van der Waals surface area contributed by atoms with Crippen LogP contribution in [0.2, 0.25) is 5.02 Å². The Bertz CT molecular complexity index is 1200. The predicted octanol–water partition coefficient (Wildman–Crippen LogP) is 3.82. The number of halogens is 2. The maximum Gasteiger partial charge on any atom is 0.165 e. The zero-order chi connectivity index (χ0) is 20.6. The molecule has 1 aliphatic heterocycles. The topological polar surface area (TPSA) is 79.4 Å². The summed E-state index contributed by atoms with van der Waals surface area (Å²) >= 11 is 5.88. The summed E-state index contributed by atoms with van der Waals surface area (Å²) in [4.78, 5) is 18.3. The molecule has 150 valence electrons. The van der Waals surface area contributed by atoms with Crippen LogP contribution in [-0.2, 0) is 9.84 Å². The van der Waals surface area contributed by atoms with E-state index in [9.17, 15) is 17.6 Å². The Hall–Kier alpha value is -2.71. The van der Waals surface area contributed by atoms with Crippen LogP contribution in [0.4, 0.5) is 21.7 Å². The molecule has 0 radical (unpaired) electrons. The van der Waals surface area contributed by atoms with E-state index in [1.54, 1.807) is 41.3 Å². The fourth-order valence-electron chi connectivity index (χ4n) is 3.38. The molecule has 4 rings (SSSR count). The number of benzene rings is 2. The summed E-state index contributed by atoms with van der Waals surface area (Å²) in [7, 11) is -3.09. The molecule has 9 heteroatoms. The molecule has 2 heterocycles. The Morgan fingerprint density at radius 1 is 1.07 bits per heavy atom. The van der Waals surface area contributed by atoms with E-state index in [-0.39, 0.29) is 35.3 Å². The van der Waals surface area contributed by atoms with Crippen molar-refractivity contribution in [3.05, 3.63) is 58.9 Å². The van der Waals surface area contributed by atoms with Crippen molar-refractivity contribution in [1.29, 1.82) is 0 Å². The van der Waals surface area contributed by atoms with E-state index in [4.69, 9.17) is 11.6 Å². The normalized spacial score (nSPS) is 16.0. The predicted molar refractivity (Wildman–Crippen MR) is 113 cm³/mol. The summed E-state index contributed by atoms with van der Waals surface area (Å²) in [5.74, 6) is 0.108. The Kier molecular flexibility index (Phi) is 5.14. The largest absolute Gasteiger partial charge is 0.354 e. The zero-order valence-corrected chi connectivity index (χ0v) is 16.8. The number of fused-ring (bicyclic) bond motifs is 1.